The second-order valence-electron chi connectivity index (χ2n) is 7.95. The molecule has 160 valence electrons. The molecule has 2 aliphatic heterocycles. The molecule has 8 heteroatoms. The number of hydrogen-bond acceptors (Lipinski definition) is 7. The molecule has 3 atom stereocenters. The summed E-state index contributed by atoms with van der Waals surface area (Å²) in [6, 6.07) is 22.0. The van der Waals surface area contributed by atoms with E-state index in [4.69, 9.17) is 0 Å². The predicted octanol–water partition coefficient (Wildman–Crippen LogP) is 4.94. The lowest BCUT2D eigenvalue weighted by Gasteiger charge is -2.35. The average Bonchev–Trinajstić information content (AvgIpc) is 3.45. The van der Waals surface area contributed by atoms with Crippen LogP contribution in [0.4, 0.5) is 10.7 Å². The fourth-order valence-corrected chi connectivity index (χ4v) is 5.95. The molecule has 5 rings (SSSR count). The van der Waals surface area contributed by atoms with Crippen LogP contribution in [0.3, 0.4) is 0 Å². The number of carbonyl (C=O) groups excluding carboxylic acids is 1. The van der Waals surface area contributed by atoms with Gasteiger partial charge in [-0.1, -0.05) is 72.0 Å². The van der Waals surface area contributed by atoms with Crippen LogP contribution in [-0.2, 0) is 0 Å². The molecule has 0 bridgehead atoms. The number of para-hydroxylation sites is 1. The fraction of sp³-hybridized carbons (Fsp3) is 0.160. The number of thiophene rings is 1. The second kappa shape index (κ2) is 7.70. The summed E-state index contributed by atoms with van der Waals surface area (Å²) in [6.07, 6.45) is 3.66. The van der Waals surface area contributed by atoms with Crippen molar-refractivity contribution < 1.29 is 9.72 Å². The number of nitriles is 2. The van der Waals surface area contributed by atoms with Gasteiger partial charge >= 0.3 is 5.00 Å². The van der Waals surface area contributed by atoms with Gasteiger partial charge in [-0.05, 0) is 17.7 Å². The number of anilines is 1. The lowest BCUT2D eigenvalue weighted by atomic mass is 9.71. The minimum absolute atomic E-state index is 0.0958. The largest absolute Gasteiger partial charge is 0.351 e. The van der Waals surface area contributed by atoms with Gasteiger partial charge in [0, 0.05) is 22.2 Å². The smallest absolute Gasteiger partial charge is 0.324 e. The number of benzene rings is 2. The van der Waals surface area contributed by atoms with Gasteiger partial charge in [-0.2, -0.15) is 10.5 Å². The lowest BCUT2D eigenvalue weighted by Crippen LogP contribution is -2.44. The molecular weight excluding hydrogens is 436 g/mol. The molecule has 7 nitrogen and oxygen atoms in total. The van der Waals surface area contributed by atoms with Crippen LogP contribution in [0.1, 0.15) is 26.7 Å². The molecule has 0 N–H and O–H groups in total. The van der Waals surface area contributed by atoms with E-state index in [0.29, 0.717) is 10.4 Å². The topological polar surface area (TPSA) is 111 Å². The number of Topliss-reactive ketones (excluding diaryl/α,β-unsaturated/α-hetero) is 1. The Morgan fingerprint density at radius 3 is 2.39 bits per heavy atom. The summed E-state index contributed by atoms with van der Waals surface area (Å²) in [5.41, 5.74) is 0.471. The third kappa shape index (κ3) is 2.96. The van der Waals surface area contributed by atoms with Crippen molar-refractivity contribution in [2.75, 3.05) is 4.90 Å². The maximum absolute atomic E-state index is 13.9. The number of hydrogen-bond donors (Lipinski definition) is 0. The zero-order chi connectivity index (χ0) is 23.2. The Morgan fingerprint density at radius 2 is 1.73 bits per heavy atom. The van der Waals surface area contributed by atoms with Crippen molar-refractivity contribution in [2.24, 2.45) is 5.41 Å². The summed E-state index contributed by atoms with van der Waals surface area (Å²) in [4.78, 5) is 27.1. The Kier molecular flexibility index (Phi) is 4.81. The number of ketones is 1. The van der Waals surface area contributed by atoms with Gasteiger partial charge in [-0.25, -0.2) is 0 Å². The number of nitro groups is 1. The van der Waals surface area contributed by atoms with Crippen molar-refractivity contribution in [1.29, 1.82) is 10.5 Å². The quantitative estimate of drug-likeness (QED) is 0.315. The highest BCUT2D eigenvalue weighted by Gasteiger charge is 2.63. The van der Waals surface area contributed by atoms with E-state index in [1.807, 2.05) is 41.3 Å². The Morgan fingerprint density at radius 1 is 1.03 bits per heavy atom. The highest BCUT2D eigenvalue weighted by Crippen LogP contribution is 2.56. The zero-order valence-corrected chi connectivity index (χ0v) is 18.0. The minimum Gasteiger partial charge on any atom is -0.351 e. The average molecular weight is 452 g/mol. The lowest BCUT2D eigenvalue weighted by molar-refractivity contribution is -0.380. The fourth-order valence-electron chi connectivity index (χ4n) is 4.92. The maximum atomic E-state index is 13.9. The molecule has 0 spiro atoms. The van der Waals surface area contributed by atoms with E-state index in [1.54, 1.807) is 36.4 Å². The molecule has 0 saturated carbocycles. The normalized spacial score (nSPS) is 22.0. The number of nitrogens with zero attached hydrogens (tertiary/aromatic N) is 4. The van der Waals surface area contributed by atoms with E-state index in [9.17, 15) is 25.4 Å². The third-order valence-corrected chi connectivity index (χ3v) is 7.46. The molecule has 1 aromatic heterocycles. The molecule has 33 heavy (non-hydrogen) atoms. The summed E-state index contributed by atoms with van der Waals surface area (Å²) < 4.78 is 0. The standard InChI is InChI=1S/C25H16N4O3S/c26-14-25(15-27)20-12-10-16-6-4-5-9-18(16)28(20)23(24(30)17-7-2-1-3-8-17)22(25)19-11-13-21(33-19)29(31)32/h1-13,20,22-23H/t20-,22-,23+/m1/s1. The third-order valence-electron chi connectivity index (χ3n) is 6.34. The summed E-state index contributed by atoms with van der Waals surface area (Å²) in [7, 11) is 0. The molecular formula is C25H16N4O3S. The monoisotopic (exact) mass is 452 g/mol. The van der Waals surface area contributed by atoms with Gasteiger partial charge in [0.05, 0.1) is 29.0 Å². The highest BCUT2D eigenvalue weighted by molar-refractivity contribution is 7.15. The van der Waals surface area contributed by atoms with Crippen LogP contribution in [0.5, 0.6) is 0 Å². The van der Waals surface area contributed by atoms with E-state index in [2.05, 4.69) is 12.1 Å². The van der Waals surface area contributed by atoms with Gasteiger partial charge in [0.25, 0.3) is 0 Å². The van der Waals surface area contributed by atoms with Crippen LogP contribution in [0.2, 0.25) is 0 Å². The van der Waals surface area contributed by atoms with Crippen molar-refractivity contribution in [3.8, 4) is 12.1 Å². The molecule has 0 amide bonds. The zero-order valence-electron chi connectivity index (χ0n) is 17.2. The molecule has 3 aromatic rings. The first-order chi connectivity index (χ1) is 16.0. The van der Waals surface area contributed by atoms with Crippen molar-refractivity contribution >= 4 is 33.9 Å². The van der Waals surface area contributed by atoms with Crippen molar-refractivity contribution in [1.82, 2.24) is 0 Å². The molecule has 0 aliphatic carbocycles. The first-order valence-electron chi connectivity index (χ1n) is 10.2. The van der Waals surface area contributed by atoms with E-state index in [1.165, 1.54) is 6.07 Å². The molecule has 1 saturated heterocycles. The first kappa shape index (κ1) is 20.6. The van der Waals surface area contributed by atoms with E-state index in [-0.39, 0.29) is 10.8 Å². The highest BCUT2D eigenvalue weighted by atomic mass is 32.1. The summed E-state index contributed by atoms with van der Waals surface area (Å²) >= 11 is 0.910. The molecule has 1 fully saturated rings. The van der Waals surface area contributed by atoms with Gasteiger partial charge in [0.2, 0.25) is 0 Å². The second-order valence-corrected chi connectivity index (χ2v) is 9.04. The van der Waals surface area contributed by atoms with Crippen LogP contribution >= 0.6 is 11.3 Å². The molecule has 2 aromatic carbocycles. The molecule has 3 heterocycles. The number of rotatable bonds is 4. The Hall–Kier alpha value is -4.27. The van der Waals surface area contributed by atoms with Crippen molar-refractivity contribution in [3.63, 3.8) is 0 Å². The van der Waals surface area contributed by atoms with Crippen molar-refractivity contribution in [3.05, 3.63) is 98.9 Å². The summed E-state index contributed by atoms with van der Waals surface area (Å²) in [5.74, 6) is -1.11. The van der Waals surface area contributed by atoms with Crippen LogP contribution < -0.4 is 4.90 Å². The maximum Gasteiger partial charge on any atom is 0.324 e. The predicted molar refractivity (Wildman–Crippen MR) is 124 cm³/mol. The Balaban J connectivity index is 1.78. The first-order valence-corrected chi connectivity index (χ1v) is 11.0. The summed E-state index contributed by atoms with van der Waals surface area (Å²) in [5, 5.41) is 32.0. The van der Waals surface area contributed by atoms with E-state index in [0.717, 1.165) is 22.6 Å². The van der Waals surface area contributed by atoms with E-state index >= 15 is 0 Å². The van der Waals surface area contributed by atoms with Crippen molar-refractivity contribution in [2.45, 2.75) is 18.0 Å². The minimum atomic E-state index is -1.61. The summed E-state index contributed by atoms with van der Waals surface area (Å²) in [6.45, 7) is 0. The van der Waals surface area contributed by atoms with Gasteiger partial charge < -0.3 is 4.90 Å². The van der Waals surface area contributed by atoms with Crippen LogP contribution in [-0.4, -0.2) is 22.8 Å². The Bertz CT molecular complexity index is 1370. The van der Waals surface area contributed by atoms with Crippen LogP contribution in [0, 0.1) is 38.2 Å². The van der Waals surface area contributed by atoms with Crippen LogP contribution in [0.25, 0.3) is 6.08 Å². The van der Waals surface area contributed by atoms with E-state index < -0.39 is 28.3 Å². The van der Waals surface area contributed by atoms with Gasteiger partial charge in [-0.15, -0.1) is 0 Å². The molecule has 2 aliphatic rings. The SMILES string of the molecule is N#CC1(C#N)[C@H](c2ccc([N+](=O)[O-])s2)[C@@H](C(=O)c2ccccc2)N2c3ccccc3C=C[C@@H]21. The van der Waals surface area contributed by atoms with Gasteiger partial charge in [-0.3, -0.25) is 14.9 Å². The van der Waals surface area contributed by atoms with Gasteiger partial charge in [0.15, 0.2) is 11.2 Å². The Labute approximate surface area is 193 Å². The van der Waals surface area contributed by atoms with Gasteiger partial charge in [0.1, 0.15) is 6.04 Å². The van der Waals surface area contributed by atoms with Crippen LogP contribution in [0.15, 0.2) is 72.8 Å². The molecule has 0 unspecified atom stereocenters. The number of fused-ring (bicyclic) bond motifs is 3. The molecule has 0 radical (unpaired) electrons. The number of carbonyl (C=O) groups is 1.